The summed E-state index contributed by atoms with van der Waals surface area (Å²) in [5.74, 6) is -4.03. The summed E-state index contributed by atoms with van der Waals surface area (Å²) in [4.78, 5) is 28.3. The van der Waals surface area contributed by atoms with E-state index in [1.54, 1.807) is 17.0 Å². The van der Waals surface area contributed by atoms with Crippen LogP contribution in [0.1, 0.15) is 55.5 Å². The maximum atomic E-state index is 12.9. The van der Waals surface area contributed by atoms with Crippen molar-refractivity contribution in [1.29, 1.82) is 0 Å². The van der Waals surface area contributed by atoms with Gasteiger partial charge in [-0.05, 0) is 69.2 Å². The largest absolute Gasteiger partial charge is 0.494 e. The first-order valence-corrected chi connectivity index (χ1v) is 10.6. The van der Waals surface area contributed by atoms with E-state index in [4.69, 9.17) is 10.5 Å². The molecule has 1 saturated heterocycles. The van der Waals surface area contributed by atoms with E-state index in [1.807, 2.05) is 19.9 Å². The van der Waals surface area contributed by atoms with Crippen LogP contribution in [-0.4, -0.2) is 54.8 Å². The number of ether oxygens (including phenoxy) is 1. The molecule has 0 bridgehead atoms. The molecule has 3 N–H and O–H groups in total. The Morgan fingerprint density at radius 3 is 2.58 bits per heavy atom. The number of likely N-dealkylation sites (tertiary alicyclic amines) is 1. The molecular weight excluding hydrogens is 406 g/mol. The number of hydrogen-bond acceptors (Lipinski definition) is 3. The molecular formula is C22H32F2N4O3. The summed E-state index contributed by atoms with van der Waals surface area (Å²) in [6.45, 7) is 6.61. The Kier molecular flexibility index (Phi) is 8.76. The third-order valence-electron chi connectivity index (χ3n) is 5.34. The highest BCUT2D eigenvalue weighted by Gasteiger charge is 2.33. The first-order valence-electron chi connectivity index (χ1n) is 10.6. The number of carbonyl (C=O) groups excluding carboxylic acids is 2. The molecule has 2 amide bonds. The number of aryl methyl sites for hydroxylation is 1. The number of halogens is 2. The molecule has 0 atom stereocenters. The second-order valence-corrected chi connectivity index (χ2v) is 7.92. The molecule has 2 rings (SSSR count). The fourth-order valence-electron chi connectivity index (χ4n) is 3.52. The van der Waals surface area contributed by atoms with Gasteiger partial charge in [-0.3, -0.25) is 9.59 Å². The number of alkyl halides is 2. The predicted molar refractivity (Wildman–Crippen MR) is 115 cm³/mol. The summed E-state index contributed by atoms with van der Waals surface area (Å²) in [7, 11) is 0. The summed E-state index contributed by atoms with van der Waals surface area (Å²) in [6, 6.07) is 5.45. The molecule has 9 heteroatoms. The number of carbonyl (C=O) groups is 2. The number of guanidine groups is 1. The number of nitrogens with zero attached hydrogens (tertiary/aromatic N) is 2. The second kappa shape index (κ2) is 11.1. The Bertz CT molecular complexity index is 800. The van der Waals surface area contributed by atoms with Gasteiger partial charge < -0.3 is 20.7 Å². The highest BCUT2D eigenvalue weighted by molar-refractivity contribution is 5.96. The lowest BCUT2D eigenvalue weighted by atomic mass is 9.92. The molecule has 0 saturated carbocycles. The van der Waals surface area contributed by atoms with E-state index >= 15 is 0 Å². The van der Waals surface area contributed by atoms with Gasteiger partial charge in [0.2, 0.25) is 0 Å². The lowest BCUT2D eigenvalue weighted by molar-refractivity contribution is -0.139. The maximum Gasteiger partial charge on any atom is 0.324 e. The molecule has 7 nitrogen and oxygen atoms in total. The van der Waals surface area contributed by atoms with Gasteiger partial charge >= 0.3 is 11.8 Å². The average Bonchev–Trinajstić information content (AvgIpc) is 2.71. The summed E-state index contributed by atoms with van der Waals surface area (Å²) >= 11 is 0. The normalized spacial score (nSPS) is 15.6. The van der Waals surface area contributed by atoms with Crippen LogP contribution in [0.2, 0.25) is 0 Å². The van der Waals surface area contributed by atoms with Crippen molar-refractivity contribution in [2.24, 2.45) is 16.6 Å². The van der Waals surface area contributed by atoms with Crippen molar-refractivity contribution >= 4 is 17.8 Å². The van der Waals surface area contributed by atoms with Gasteiger partial charge in [0, 0.05) is 32.1 Å². The maximum absolute atomic E-state index is 12.9. The molecule has 1 heterocycles. The van der Waals surface area contributed by atoms with Crippen LogP contribution in [0, 0.1) is 12.8 Å². The molecule has 1 aromatic rings. The molecule has 0 radical (unpaired) electrons. The van der Waals surface area contributed by atoms with Crippen LogP contribution in [0.4, 0.5) is 8.78 Å². The van der Waals surface area contributed by atoms with E-state index < -0.39 is 11.8 Å². The number of amides is 2. The molecule has 0 unspecified atom stereocenters. The standard InChI is InChI=1S/C22H32F2N4O3/c1-4-26-19(29)18-8-7-17(14-15(18)2)31-13-5-6-16-9-11-28(12-10-16)21(25)27-20(30)22(3,23)24/h7-8,14,16H,4-6,9-13H2,1-3H3,(H,26,29)(H2,25,27,30). The van der Waals surface area contributed by atoms with Crippen LogP contribution in [-0.2, 0) is 4.79 Å². The van der Waals surface area contributed by atoms with Crippen LogP contribution < -0.4 is 15.8 Å². The van der Waals surface area contributed by atoms with Crippen molar-refractivity contribution in [2.45, 2.75) is 52.4 Å². The van der Waals surface area contributed by atoms with Gasteiger partial charge in [-0.1, -0.05) is 0 Å². The Morgan fingerprint density at radius 2 is 2.00 bits per heavy atom. The van der Waals surface area contributed by atoms with Gasteiger partial charge in [-0.15, -0.1) is 0 Å². The summed E-state index contributed by atoms with van der Waals surface area (Å²) in [6.07, 6.45) is 3.57. The first kappa shape index (κ1) is 24.6. The minimum Gasteiger partial charge on any atom is -0.494 e. The zero-order valence-electron chi connectivity index (χ0n) is 18.4. The topological polar surface area (TPSA) is 97.0 Å². The van der Waals surface area contributed by atoms with Crippen molar-refractivity contribution in [3.63, 3.8) is 0 Å². The van der Waals surface area contributed by atoms with E-state index in [0.29, 0.717) is 44.6 Å². The number of piperidine rings is 1. The zero-order chi connectivity index (χ0) is 23.0. The molecule has 1 fully saturated rings. The smallest absolute Gasteiger partial charge is 0.324 e. The van der Waals surface area contributed by atoms with Crippen LogP contribution >= 0.6 is 0 Å². The molecule has 1 aromatic carbocycles. The lowest BCUT2D eigenvalue weighted by Gasteiger charge is -2.32. The van der Waals surface area contributed by atoms with Crippen LogP contribution in [0.25, 0.3) is 0 Å². The molecule has 1 aliphatic rings. The highest BCUT2D eigenvalue weighted by atomic mass is 19.3. The van der Waals surface area contributed by atoms with Gasteiger partial charge in [0.05, 0.1) is 6.61 Å². The van der Waals surface area contributed by atoms with Gasteiger partial charge in [0.25, 0.3) is 5.91 Å². The average molecular weight is 439 g/mol. The Morgan fingerprint density at radius 1 is 1.32 bits per heavy atom. The minimum absolute atomic E-state index is 0.0867. The first-order chi connectivity index (χ1) is 14.6. The van der Waals surface area contributed by atoms with E-state index in [-0.39, 0.29) is 11.9 Å². The number of benzene rings is 1. The van der Waals surface area contributed by atoms with Crippen molar-refractivity contribution in [3.05, 3.63) is 29.3 Å². The molecule has 0 aromatic heterocycles. The van der Waals surface area contributed by atoms with Crippen LogP contribution in [0.3, 0.4) is 0 Å². The molecule has 1 aliphatic heterocycles. The van der Waals surface area contributed by atoms with Crippen LogP contribution in [0.5, 0.6) is 5.75 Å². The quantitative estimate of drug-likeness (QED) is 0.369. The Labute approximate surface area is 182 Å². The third kappa shape index (κ3) is 7.48. The molecule has 0 aliphatic carbocycles. The Balaban J connectivity index is 1.72. The number of nitrogens with one attached hydrogen (secondary N) is 1. The molecule has 31 heavy (non-hydrogen) atoms. The predicted octanol–water partition coefficient (Wildman–Crippen LogP) is 3.11. The number of nitrogens with two attached hydrogens (primary N) is 1. The van der Waals surface area contributed by atoms with Gasteiger partial charge in [-0.25, -0.2) is 0 Å². The molecule has 172 valence electrons. The van der Waals surface area contributed by atoms with Crippen molar-refractivity contribution in [2.75, 3.05) is 26.2 Å². The monoisotopic (exact) mass is 438 g/mol. The van der Waals surface area contributed by atoms with E-state index in [1.165, 1.54) is 0 Å². The van der Waals surface area contributed by atoms with Crippen molar-refractivity contribution < 1.29 is 23.1 Å². The zero-order valence-corrected chi connectivity index (χ0v) is 18.4. The number of hydrogen-bond donors (Lipinski definition) is 2. The van der Waals surface area contributed by atoms with Gasteiger partial charge in [0.1, 0.15) is 5.75 Å². The molecule has 0 spiro atoms. The van der Waals surface area contributed by atoms with E-state index in [0.717, 1.165) is 37.0 Å². The number of rotatable bonds is 8. The summed E-state index contributed by atoms with van der Waals surface area (Å²) in [5, 5.41) is 2.79. The SMILES string of the molecule is CCNC(=O)c1ccc(OCCCC2CCN(C(N)=NC(=O)C(C)(F)F)CC2)cc1C. The van der Waals surface area contributed by atoms with Crippen LogP contribution in [0.15, 0.2) is 23.2 Å². The fraction of sp³-hybridized carbons (Fsp3) is 0.591. The second-order valence-electron chi connectivity index (χ2n) is 7.92. The van der Waals surface area contributed by atoms with Crippen molar-refractivity contribution in [3.8, 4) is 5.75 Å². The van der Waals surface area contributed by atoms with E-state index in [2.05, 4.69) is 10.3 Å². The minimum atomic E-state index is -3.51. The van der Waals surface area contributed by atoms with Crippen molar-refractivity contribution in [1.82, 2.24) is 10.2 Å². The van der Waals surface area contributed by atoms with Gasteiger partial charge in [-0.2, -0.15) is 13.8 Å². The number of aliphatic imine (C=N–C) groups is 1. The lowest BCUT2D eigenvalue weighted by Crippen LogP contribution is -2.44. The third-order valence-corrected chi connectivity index (χ3v) is 5.34. The van der Waals surface area contributed by atoms with E-state index in [9.17, 15) is 18.4 Å². The fourth-order valence-corrected chi connectivity index (χ4v) is 3.52. The Hall–Kier alpha value is -2.71. The highest BCUT2D eigenvalue weighted by Crippen LogP contribution is 2.23. The summed E-state index contributed by atoms with van der Waals surface area (Å²) < 4.78 is 31.7. The summed E-state index contributed by atoms with van der Waals surface area (Å²) in [5.41, 5.74) is 7.23. The van der Waals surface area contributed by atoms with Gasteiger partial charge in [0.15, 0.2) is 5.96 Å².